The van der Waals surface area contributed by atoms with Crippen LogP contribution < -0.4 is 10.2 Å². The maximum atomic E-state index is 5.23. The minimum Gasteiger partial charge on any atom is -0.383 e. The third-order valence-corrected chi connectivity index (χ3v) is 3.04. The lowest BCUT2D eigenvalue weighted by molar-refractivity contribution is 0.181. The molecule has 1 rings (SSSR count). The quantitative estimate of drug-likeness (QED) is 0.804. The molecule has 1 aromatic heterocycles. The molecule has 1 N–H and O–H groups in total. The van der Waals surface area contributed by atoms with Gasteiger partial charge in [0, 0.05) is 26.4 Å². The molecule has 1 unspecified atom stereocenters. The summed E-state index contributed by atoms with van der Waals surface area (Å²) >= 11 is 0. The van der Waals surface area contributed by atoms with Crippen molar-refractivity contribution >= 4 is 5.82 Å². The Hall–Kier alpha value is -1.13. The van der Waals surface area contributed by atoms with Crippen LogP contribution in [-0.2, 0) is 11.3 Å². The minimum atomic E-state index is 0.335. The third-order valence-electron chi connectivity index (χ3n) is 3.04. The van der Waals surface area contributed by atoms with Crippen LogP contribution >= 0.6 is 0 Å². The Morgan fingerprint density at radius 3 is 2.72 bits per heavy atom. The summed E-state index contributed by atoms with van der Waals surface area (Å²) in [5.41, 5.74) is 2.43. The second-order valence-corrected chi connectivity index (χ2v) is 4.60. The van der Waals surface area contributed by atoms with E-state index in [0.29, 0.717) is 12.6 Å². The van der Waals surface area contributed by atoms with Crippen molar-refractivity contribution in [1.82, 2.24) is 10.3 Å². The van der Waals surface area contributed by atoms with Crippen LogP contribution in [0.3, 0.4) is 0 Å². The number of pyridine rings is 1. The molecule has 0 aliphatic rings. The van der Waals surface area contributed by atoms with Gasteiger partial charge in [0.2, 0.25) is 0 Å². The molecule has 18 heavy (non-hydrogen) atoms. The van der Waals surface area contributed by atoms with Crippen molar-refractivity contribution in [3.8, 4) is 0 Å². The van der Waals surface area contributed by atoms with Gasteiger partial charge in [0.1, 0.15) is 5.82 Å². The maximum absolute atomic E-state index is 5.23. The number of anilines is 1. The van der Waals surface area contributed by atoms with Gasteiger partial charge in [-0.2, -0.15) is 0 Å². The topological polar surface area (TPSA) is 37.4 Å². The molecule has 102 valence electrons. The molecule has 0 saturated heterocycles. The first-order valence-corrected chi connectivity index (χ1v) is 6.49. The molecule has 0 fully saturated rings. The highest BCUT2D eigenvalue weighted by Crippen LogP contribution is 2.20. The van der Waals surface area contributed by atoms with Crippen molar-refractivity contribution in [2.45, 2.75) is 33.4 Å². The number of nitrogens with zero attached hydrogens (tertiary/aromatic N) is 2. The summed E-state index contributed by atoms with van der Waals surface area (Å²) in [4.78, 5) is 6.88. The molecule has 0 aliphatic carbocycles. The Kier molecular flexibility index (Phi) is 6.09. The van der Waals surface area contributed by atoms with Crippen LogP contribution in [-0.4, -0.2) is 38.3 Å². The SMILES string of the molecule is CCN(c1ncc(CNC)cc1C)C(C)COC. The van der Waals surface area contributed by atoms with Gasteiger partial charge in [-0.1, -0.05) is 0 Å². The average Bonchev–Trinajstić information content (AvgIpc) is 2.33. The molecule has 4 nitrogen and oxygen atoms in total. The van der Waals surface area contributed by atoms with Crippen molar-refractivity contribution in [2.75, 3.05) is 32.2 Å². The van der Waals surface area contributed by atoms with E-state index in [9.17, 15) is 0 Å². The average molecular weight is 251 g/mol. The molecular formula is C14H25N3O. The van der Waals surface area contributed by atoms with Crippen LogP contribution in [0.1, 0.15) is 25.0 Å². The standard InChI is InChI=1S/C14H25N3O/c1-6-17(12(3)10-18-5)14-11(2)7-13(8-15-4)9-16-14/h7,9,12,15H,6,8,10H2,1-5H3. The van der Waals surface area contributed by atoms with Crippen LogP contribution in [0.25, 0.3) is 0 Å². The number of aryl methyl sites for hydroxylation is 1. The summed E-state index contributed by atoms with van der Waals surface area (Å²) in [5, 5.41) is 3.14. The number of rotatable bonds is 7. The number of nitrogens with one attached hydrogen (secondary N) is 1. The van der Waals surface area contributed by atoms with Gasteiger partial charge in [-0.25, -0.2) is 4.98 Å². The van der Waals surface area contributed by atoms with E-state index < -0.39 is 0 Å². The van der Waals surface area contributed by atoms with Gasteiger partial charge in [-0.3, -0.25) is 0 Å². The van der Waals surface area contributed by atoms with Gasteiger partial charge in [0.15, 0.2) is 0 Å². The fraction of sp³-hybridized carbons (Fsp3) is 0.643. The van der Waals surface area contributed by atoms with Crippen LogP contribution in [0.5, 0.6) is 0 Å². The van der Waals surface area contributed by atoms with Gasteiger partial charge in [0.05, 0.1) is 12.6 Å². The second kappa shape index (κ2) is 7.34. The lowest BCUT2D eigenvalue weighted by atomic mass is 10.1. The van der Waals surface area contributed by atoms with Gasteiger partial charge < -0.3 is 15.0 Å². The van der Waals surface area contributed by atoms with E-state index in [0.717, 1.165) is 18.9 Å². The Bertz CT molecular complexity index is 368. The first-order chi connectivity index (χ1) is 8.63. The van der Waals surface area contributed by atoms with Crippen molar-refractivity contribution in [3.05, 3.63) is 23.4 Å². The number of hydrogen-bond acceptors (Lipinski definition) is 4. The number of aromatic nitrogens is 1. The highest BCUT2D eigenvalue weighted by Gasteiger charge is 2.16. The lowest BCUT2D eigenvalue weighted by Crippen LogP contribution is -2.37. The smallest absolute Gasteiger partial charge is 0.131 e. The van der Waals surface area contributed by atoms with Gasteiger partial charge in [-0.15, -0.1) is 0 Å². The van der Waals surface area contributed by atoms with E-state index in [2.05, 4.69) is 42.0 Å². The molecule has 1 heterocycles. The molecule has 0 amide bonds. The lowest BCUT2D eigenvalue weighted by Gasteiger charge is -2.30. The Morgan fingerprint density at radius 2 is 2.22 bits per heavy atom. The van der Waals surface area contributed by atoms with E-state index >= 15 is 0 Å². The molecule has 0 spiro atoms. The fourth-order valence-electron chi connectivity index (χ4n) is 2.23. The number of ether oxygens (including phenoxy) is 1. The summed E-state index contributed by atoms with van der Waals surface area (Å²) in [6, 6.07) is 2.53. The first-order valence-electron chi connectivity index (χ1n) is 6.49. The number of hydrogen-bond donors (Lipinski definition) is 1. The van der Waals surface area contributed by atoms with E-state index in [1.165, 1.54) is 11.1 Å². The van der Waals surface area contributed by atoms with Crippen LogP contribution in [0.15, 0.2) is 12.3 Å². The highest BCUT2D eigenvalue weighted by molar-refractivity contribution is 5.48. The normalized spacial score (nSPS) is 12.5. The van der Waals surface area contributed by atoms with E-state index in [4.69, 9.17) is 4.74 Å². The van der Waals surface area contributed by atoms with E-state index in [1.807, 2.05) is 13.2 Å². The molecule has 0 bridgehead atoms. The van der Waals surface area contributed by atoms with Crippen molar-refractivity contribution in [2.24, 2.45) is 0 Å². The molecule has 0 aromatic carbocycles. The van der Waals surface area contributed by atoms with E-state index in [-0.39, 0.29) is 0 Å². The predicted octanol–water partition coefficient (Wildman–Crippen LogP) is 1.97. The van der Waals surface area contributed by atoms with Crippen LogP contribution in [0.4, 0.5) is 5.82 Å². The molecule has 0 radical (unpaired) electrons. The third kappa shape index (κ3) is 3.68. The number of methoxy groups -OCH3 is 1. The molecular weight excluding hydrogens is 226 g/mol. The maximum Gasteiger partial charge on any atom is 0.131 e. The summed E-state index contributed by atoms with van der Waals surface area (Å²) in [6.45, 7) is 8.93. The summed E-state index contributed by atoms with van der Waals surface area (Å²) in [7, 11) is 3.68. The van der Waals surface area contributed by atoms with Gasteiger partial charge in [-0.05, 0) is 45.0 Å². The fourth-order valence-corrected chi connectivity index (χ4v) is 2.23. The van der Waals surface area contributed by atoms with Crippen molar-refractivity contribution < 1.29 is 4.74 Å². The first kappa shape index (κ1) is 14.9. The number of likely N-dealkylation sites (N-methyl/N-ethyl adjacent to an activating group) is 1. The zero-order chi connectivity index (χ0) is 13.5. The molecule has 1 aromatic rings. The van der Waals surface area contributed by atoms with Crippen LogP contribution in [0.2, 0.25) is 0 Å². The monoisotopic (exact) mass is 251 g/mol. The predicted molar refractivity (Wildman–Crippen MR) is 76.1 cm³/mol. The summed E-state index contributed by atoms with van der Waals surface area (Å²) in [5.74, 6) is 1.06. The highest BCUT2D eigenvalue weighted by atomic mass is 16.5. The Labute approximate surface area is 110 Å². The summed E-state index contributed by atoms with van der Waals surface area (Å²) < 4.78 is 5.23. The van der Waals surface area contributed by atoms with Crippen LogP contribution in [0, 0.1) is 6.92 Å². The second-order valence-electron chi connectivity index (χ2n) is 4.60. The summed E-state index contributed by atoms with van der Waals surface area (Å²) in [6.07, 6.45) is 1.95. The Balaban J connectivity index is 2.92. The molecule has 0 aliphatic heterocycles. The van der Waals surface area contributed by atoms with Crippen molar-refractivity contribution in [1.29, 1.82) is 0 Å². The zero-order valence-corrected chi connectivity index (χ0v) is 12.2. The zero-order valence-electron chi connectivity index (χ0n) is 12.2. The molecule has 4 heteroatoms. The van der Waals surface area contributed by atoms with Gasteiger partial charge >= 0.3 is 0 Å². The molecule has 1 atom stereocenters. The van der Waals surface area contributed by atoms with Crippen molar-refractivity contribution in [3.63, 3.8) is 0 Å². The van der Waals surface area contributed by atoms with Gasteiger partial charge in [0.25, 0.3) is 0 Å². The minimum absolute atomic E-state index is 0.335. The molecule has 0 saturated carbocycles. The Morgan fingerprint density at radius 1 is 1.50 bits per heavy atom. The van der Waals surface area contributed by atoms with E-state index in [1.54, 1.807) is 7.11 Å². The largest absolute Gasteiger partial charge is 0.383 e.